The molecule has 0 atom stereocenters. The van der Waals surface area contributed by atoms with E-state index in [4.69, 9.17) is 0 Å². The predicted octanol–water partition coefficient (Wildman–Crippen LogP) is 3.51. The highest BCUT2D eigenvalue weighted by molar-refractivity contribution is 5.68. The standard InChI is InChI=1S/C12H16O/c1-4-10(5-2)12-7-6-11(13)8-9(12)3/h4,6-8,13H,5H2,1-3H3/b10-4-. The fourth-order valence-corrected chi connectivity index (χ4v) is 1.56. The Balaban J connectivity index is 3.15. The Hall–Kier alpha value is -1.24. The van der Waals surface area contributed by atoms with Crippen LogP contribution in [-0.2, 0) is 0 Å². The third kappa shape index (κ3) is 2.11. The van der Waals surface area contributed by atoms with Crippen molar-refractivity contribution in [3.05, 3.63) is 35.4 Å². The van der Waals surface area contributed by atoms with Gasteiger partial charge in [0, 0.05) is 0 Å². The first kappa shape index (κ1) is 9.85. The number of benzene rings is 1. The molecular weight excluding hydrogens is 160 g/mol. The van der Waals surface area contributed by atoms with Crippen molar-refractivity contribution in [2.45, 2.75) is 27.2 Å². The SMILES string of the molecule is C/C=C(/CC)c1ccc(O)cc1C. The number of hydrogen-bond acceptors (Lipinski definition) is 1. The molecule has 0 aliphatic carbocycles. The highest BCUT2D eigenvalue weighted by Gasteiger charge is 2.02. The Kier molecular flexibility index (Phi) is 3.13. The lowest BCUT2D eigenvalue weighted by Gasteiger charge is -2.08. The summed E-state index contributed by atoms with van der Waals surface area (Å²) in [5, 5.41) is 9.25. The highest BCUT2D eigenvalue weighted by atomic mass is 16.3. The molecular formula is C12H16O. The van der Waals surface area contributed by atoms with Crippen LogP contribution in [0.2, 0.25) is 0 Å². The largest absolute Gasteiger partial charge is 0.508 e. The predicted molar refractivity (Wildman–Crippen MR) is 56.8 cm³/mol. The third-order valence-electron chi connectivity index (χ3n) is 2.29. The normalized spacial score (nSPS) is 11.8. The molecule has 0 saturated carbocycles. The van der Waals surface area contributed by atoms with Crippen molar-refractivity contribution in [2.24, 2.45) is 0 Å². The van der Waals surface area contributed by atoms with E-state index in [0.717, 1.165) is 12.0 Å². The molecule has 0 saturated heterocycles. The Labute approximate surface area is 79.7 Å². The lowest BCUT2D eigenvalue weighted by atomic mass is 9.98. The molecule has 70 valence electrons. The van der Waals surface area contributed by atoms with Crippen molar-refractivity contribution in [1.29, 1.82) is 0 Å². The number of hydrogen-bond donors (Lipinski definition) is 1. The van der Waals surface area contributed by atoms with E-state index in [2.05, 4.69) is 13.0 Å². The van der Waals surface area contributed by atoms with Gasteiger partial charge in [0.25, 0.3) is 0 Å². The number of aryl methyl sites for hydroxylation is 1. The summed E-state index contributed by atoms with van der Waals surface area (Å²) < 4.78 is 0. The summed E-state index contributed by atoms with van der Waals surface area (Å²) in [5.74, 6) is 0.341. The van der Waals surface area contributed by atoms with Crippen molar-refractivity contribution in [3.63, 3.8) is 0 Å². The number of phenols is 1. The molecule has 0 unspecified atom stereocenters. The molecule has 1 aromatic carbocycles. The zero-order chi connectivity index (χ0) is 9.84. The molecule has 0 fully saturated rings. The lowest BCUT2D eigenvalue weighted by Crippen LogP contribution is -1.87. The van der Waals surface area contributed by atoms with Crippen molar-refractivity contribution in [1.82, 2.24) is 0 Å². The summed E-state index contributed by atoms with van der Waals surface area (Å²) in [7, 11) is 0. The molecule has 1 rings (SSSR count). The summed E-state index contributed by atoms with van der Waals surface area (Å²) in [6, 6.07) is 5.51. The van der Waals surface area contributed by atoms with Gasteiger partial charge < -0.3 is 5.11 Å². The first-order chi connectivity index (χ1) is 6.19. The lowest BCUT2D eigenvalue weighted by molar-refractivity contribution is 0.475. The zero-order valence-electron chi connectivity index (χ0n) is 8.46. The van der Waals surface area contributed by atoms with E-state index < -0.39 is 0 Å². The van der Waals surface area contributed by atoms with Crippen LogP contribution >= 0.6 is 0 Å². The van der Waals surface area contributed by atoms with Gasteiger partial charge in [0.1, 0.15) is 5.75 Å². The van der Waals surface area contributed by atoms with Gasteiger partial charge in [-0.2, -0.15) is 0 Å². The molecule has 1 aromatic rings. The van der Waals surface area contributed by atoms with Crippen LogP contribution in [0.1, 0.15) is 31.4 Å². The number of aromatic hydroxyl groups is 1. The smallest absolute Gasteiger partial charge is 0.115 e. The molecule has 0 aliphatic rings. The van der Waals surface area contributed by atoms with Crippen LogP contribution in [0.4, 0.5) is 0 Å². The second-order valence-corrected chi connectivity index (χ2v) is 3.17. The average molecular weight is 176 g/mol. The van der Waals surface area contributed by atoms with Gasteiger partial charge in [-0.05, 0) is 49.1 Å². The van der Waals surface area contributed by atoms with Crippen molar-refractivity contribution in [2.75, 3.05) is 0 Å². The van der Waals surface area contributed by atoms with Crippen LogP contribution in [0, 0.1) is 6.92 Å². The van der Waals surface area contributed by atoms with Gasteiger partial charge >= 0.3 is 0 Å². The Morgan fingerprint density at radius 2 is 2.15 bits per heavy atom. The van der Waals surface area contributed by atoms with Gasteiger partial charge in [-0.1, -0.05) is 19.1 Å². The fourth-order valence-electron chi connectivity index (χ4n) is 1.56. The number of rotatable bonds is 2. The zero-order valence-corrected chi connectivity index (χ0v) is 8.46. The Bertz CT molecular complexity index is 324. The molecule has 0 amide bonds. The monoisotopic (exact) mass is 176 g/mol. The van der Waals surface area contributed by atoms with Gasteiger partial charge in [-0.15, -0.1) is 0 Å². The van der Waals surface area contributed by atoms with Gasteiger partial charge in [0.05, 0.1) is 0 Å². The quantitative estimate of drug-likeness (QED) is 0.731. The second kappa shape index (κ2) is 4.13. The van der Waals surface area contributed by atoms with Crippen molar-refractivity contribution >= 4 is 5.57 Å². The van der Waals surface area contributed by atoms with Crippen LogP contribution in [-0.4, -0.2) is 5.11 Å². The van der Waals surface area contributed by atoms with E-state index in [-0.39, 0.29) is 0 Å². The van der Waals surface area contributed by atoms with Crippen LogP contribution in [0.3, 0.4) is 0 Å². The second-order valence-electron chi connectivity index (χ2n) is 3.17. The molecule has 0 bridgehead atoms. The molecule has 1 nitrogen and oxygen atoms in total. The highest BCUT2D eigenvalue weighted by Crippen LogP contribution is 2.24. The Morgan fingerprint density at radius 3 is 2.62 bits per heavy atom. The minimum absolute atomic E-state index is 0.341. The maximum Gasteiger partial charge on any atom is 0.115 e. The molecule has 1 heteroatoms. The van der Waals surface area contributed by atoms with Gasteiger partial charge in [-0.3, -0.25) is 0 Å². The summed E-state index contributed by atoms with van der Waals surface area (Å²) >= 11 is 0. The average Bonchev–Trinajstić information content (AvgIpc) is 2.10. The molecule has 0 spiro atoms. The first-order valence-corrected chi connectivity index (χ1v) is 4.64. The first-order valence-electron chi connectivity index (χ1n) is 4.64. The topological polar surface area (TPSA) is 20.2 Å². The molecule has 0 radical (unpaired) electrons. The molecule has 13 heavy (non-hydrogen) atoms. The summed E-state index contributed by atoms with van der Waals surface area (Å²) in [4.78, 5) is 0. The van der Waals surface area contributed by atoms with E-state index in [9.17, 15) is 5.11 Å². The fraction of sp³-hybridized carbons (Fsp3) is 0.333. The van der Waals surface area contributed by atoms with Crippen LogP contribution in [0.25, 0.3) is 5.57 Å². The van der Waals surface area contributed by atoms with Gasteiger partial charge in [0.15, 0.2) is 0 Å². The number of phenolic OH excluding ortho intramolecular Hbond substituents is 1. The summed E-state index contributed by atoms with van der Waals surface area (Å²) in [5.41, 5.74) is 3.70. The minimum atomic E-state index is 0.341. The maximum atomic E-state index is 9.25. The van der Waals surface area contributed by atoms with E-state index in [1.54, 1.807) is 12.1 Å². The Morgan fingerprint density at radius 1 is 1.46 bits per heavy atom. The summed E-state index contributed by atoms with van der Waals surface area (Å²) in [6.45, 7) is 6.21. The summed E-state index contributed by atoms with van der Waals surface area (Å²) in [6.07, 6.45) is 3.15. The van der Waals surface area contributed by atoms with E-state index in [1.165, 1.54) is 11.1 Å². The van der Waals surface area contributed by atoms with Crippen molar-refractivity contribution < 1.29 is 5.11 Å². The van der Waals surface area contributed by atoms with E-state index >= 15 is 0 Å². The number of allylic oxidation sites excluding steroid dienone is 2. The molecule has 0 aliphatic heterocycles. The third-order valence-corrected chi connectivity index (χ3v) is 2.29. The molecule has 1 N–H and O–H groups in total. The van der Waals surface area contributed by atoms with Crippen LogP contribution in [0.5, 0.6) is 5.75 Å². The van der Waals surface area contributed by atoms with Crippen molar-refractivity contribution in [3.8, 4) is 5.75 Å². The molecule has 0 aromatic heterocycles. The maximum absolute atomic E-state index is 9.25. The van der Waals surface area contributed by atoms with Gasteiger partial charge in [-0.25, -0.2) is 0 Å². The van der Waals surface area contributed by atoms with E-state index in [0.29, 0.717) is 5.75 Å². The van der Waals surface area contributed by atoms with Crippen LogP contribution in [0.15, 0.2) is 24.3 Å². The van der Waals surface area contributed by atoms with Gasteiger partial charge in [0.2, 0.25) is 0 Å². The van der Waals surface area contributed by atoms with E-state index in [1.807, 2.05) is 19.9 Å². The minimum Gasteiger partial charge on any atom is -0.508 e. The van der Waals surface area contributed by atoms with Crippen LogP contribution < -0.4 is 0 Å². The molecule has 0 heterocycles.